The molecule has 1 aliphatic heterocycles. The van der Waals surface area contributed by atoms with Crippen molar-refractivity contribution in [3.8, 4) is 17.6 Å². The molecular formula is C17H15Cl2N3O3S. The van der Waals surface area contributed by atoms with E-state index in [1.165, 1.54) is 40.7 Å². The smallest absolute Gasteiger partial charge is 0.246 e. The van der Waals surface area contributed by atoms with Crippen molar-refractivity contribution in [2.24, 2.45) is 5.73 Å². The van der Waals surface area contributed by atoms with Crippen LogP contribution >= 0.6 is 23.2 Å². The number of hydrogen-bond acceptors (Lipinski definition) is 5. The lowest BCUT2D eigenvalue weighted by molar-refractivity contribution is 0.448. The van der Waals surface area contributed by atoms with Crippen LogP contribution in [0.2, 0.25) is 10.0 Å². The van der Waals surface area contributed by atoms with Gasteiger partial charge in [-0.1, -0.05) is 23.2 Å². The maximum absolute atomic E-state index is 13.0. The normalized spacial score (nSPS) is 17.8. The molecule has 0 spiro atoms. The van der Waals surface area contributed by atoms with Gasteiger partial charge in [0.1, 0.15) is 16.4 Å². The molecule has 136 valence electrons. The van der Waals surface area contributed by atoms with Crippen molar-refractivity contribution in [2.75, 3.05) is 13.1 Å². The first-order valence-corrected chi connectivity index (χ1v) is 9.93. The van der Waals surface area contributed by atoms with Gasteiger partial charge in [-0.25, -0.2) is 8.42 Å². The Morgan fingerprint density at radius 2 is 1.88 bits per heavy atom. The van der Waals surface area contributed by atoms with E-state index in [1.54, 1.807) is 0 Å². The molecule has 1 heterocycles. The van der Waals surface area contributed by atoms with E-state index in [-0.39, 0.29) is 28.8 Å². The molecule has 1 fully saturated rings. The first-order chi connectivity index (χ1) is 12.3. The predicted octanol–water partition coefficient (Wildman–Crippen LogP) is 3.38. The third kappa shape index (κ3) is 3.95. The van der Waals surface area contributed by atoms with Crippen LogP contribution in [-0.4, -0.2) is 31.9 Å². The van der Waals surface area contributed by atoms with Crippen LogP contribution in [0.4, 0.5) is 0 Å². The van der Waals surface area contributed by atoms with Crippen molar-refractivity contribution >= 4 is 33.2 Å². The fraction of sp³-hybridized carbons (Fsp3) is 0.235. The molecule has 26 heavy (non-hydrogen) atoms. The molecule has 2 aromatic carbocycles. The molecule has 0 aromatic heterocycles. The number of rotatable bonds is 4. The molecule has 1 aliphatic rings. The molecule has 1 saturated heterocycles. The number of sulfonamides is 1. The zero-order chi connectivity index (χ0) is 18.9. The van der Waals surface area contributed by atoms with Crippen LogP contribution in [0.25, 0.3) is 0 Å². The Hall–Kier alpha value is -1.82. The number of ether oxygens (including phenoxy) is 1. The van der Waals surface area contributed by atoms with Gasteiger partial charge in [0.15, 0.2) is 0 Å². The minimum absolute atomic E-state index is 0.0859. The number of benzene rings is 2. The topological polar surface area (TPSA) is 96.4 Å². The van der Waals surface area contributed by atoms with Gasteiger partial charge in [0.2, 0.25) is 10.0 Å². The SMILES string of the molecule is N#Cc1ccc(Oc2cc(Cl)cc(Cl)c2)c(S(=O)(=O)N2CC[C@H](N)C2)c1. The molecule has 6 nitrogen and oxygen atoms in total. The molecule has 3 rings (SSSR count). The zero-order valence-electron chi connectivity index (χ0n) is 13.5. The van der Waals surface area contributed by atoms with E-state index >= 15 is 0 Å². The van der Waals surface area contributed by atoms with Crippen LogP contribution < -0.4 is 10.5 Å². The van der Waals surface area contributed by atoms with Crippen molar-refractivity contribution in [1.82, 2.24) is 4.31 Å². The first-order valence-electron chi connectivity index (χ1n) is 7.73. The van der Waals surface area contributed by atoms with E-state index in [0.29, 0.717) is 28.8 Å². The Labute approximate surface area is 161 Å². The van der Waals surface area contributed by atoms with Crippen molar-refractivity contribution in [2.45, 2.75) is 17.4 Å². The summed E-state index contributed by atoms with van der Waals surface area (Å²) in [6, 6.07) is 10.5. The molecule has 0 saturated carbocycles. The third-order valence-corrected chi connectivity index (χ3v) is 6.26. The van der Waals surface area contributed by atoms with Crippen LogP contribution in [-0.2, 0) is 10.0 Å². The van der Waals surface area contributed by atoms with E-state index in [4.69, 9.17) is 38.9 Å². The Balaban J connectivity index is 2.05. The van der Waals surface area contributed by atoms with Gasteiger partial charge in [0.05, 0.1) is 11.6 Å². The second-order valence-corrected chi connectivity index (χ2v) is 8.67. The van der Waals surface area contributed by atoms with E-state index < -0.39 is 10.0 Å². The van der Waals surface area contributed by atoms with Gasteiger partial charge in [-0.15, -0.1) is 0 Å². The highest BCUT2D eigenvalue weighted by atomic mass is 35.5. The molecule has 0 aliphatic carbocycles. The van der Waals surface area contributed by atoms with E-state index in [9.17, 15) is 8.42 Å². The monoisotopic (exact) mass is 411 g/mol. The summed E-state index contributed by atoms with van der Waals surface area (Å²) >= 11 is 11.9. The predicted molar refractivity (Wildman–Crippen MR) is 99.0 cm³/mol. The molecule has 0 amide bonds. The van der Waals surface area contributed by atoms with Gasteiger partial charge < -0.3 is 10.5 Å². The lowest BCUT2D eigenvalue weighted by atomic mass is 10.2. The van der Waals surface area contributed by atoms with Crippen molar-refractivity contribution < 1.29 is 13.2 Å². The number of hydrogen-bond donors (Lipinski definition) is 1. The largest absolute Gasteiger partial charge is 0.456 e. The molecular weight excluding hydrogens is 397 g/mol. The van der Waals surface area contributed by atoms with Crippen LogP contribution in [0.5, 0.6) is 11.5 Å². The summed E-state index contributed by atoms with van der Waals surface area (Å²) in [7, 11) is -3.86. The van der Waals surface area contributed by atoms with Crippen molar-refractivity contribution in [1.29, 1.82) is 5.26 Å². The molecule has 9 heteroatoms. The van der Waals surface area contributed by atoms with Crippen LogP contribution in [0.1, 0.15) is 12.0 Å². The number of nitriles is 1. The molecule has 2 aromatic rings. The van der Waals surface area contributed by atoms with E-state index in [1.807, 2.05) is 6.07 Å². The average Bonchev–Trinajstić information content (AvgIpc) is 3.01. The summed E-state index contributed by atoms with van der Waals surface area (Å²) in [4.78, 5) is -0.0956. The Bertz CT molecular complexity index is 969. The van der Waals surface area contributed by atoms with Gasteiger partial charge >= 0.3 is 0 Å². The molecule has 2 N–H and O–H groups in total. The number of halogens is 2. The standard InChI is InChI=1S/C17H15Cl2N3O3S/c18-12-6-13(19)8-15(7-12)25-16-2-1-11(9-20)5-17(16)26(23,24)22-4-3-14(21)10-22/h1-2,5-8,14H,3-4,10,21H2/t14-/m0/s1. The lowest BCUT2D eigenvalue weighted by Gasteiger charge is -2.19. The van der Waals surface area contributed by atoms with Gasteiger partial charge in [-0.2, -0.15) is 9.57 Å². The maximum atomic E-state index is 13.0. The summed E-state index contributed by atoms with van der Waals surface area (Å²) < 4.78 is 33.1. The zero-order valence-corrected chi connectivity index (χ0v) is 15.9. The van der Waals surface area contributed by atoms with Crippen molar-refractivity contribution in [3.63, 3.8) is 0 Å². The summed E-state index contributed by atoms with van der Waals surface area (Å²) in [5, 5.41) is 9.85. The lowest BCUT2D eigenvalue weighted by Crippen LogP contribution is -2.32. The molecule has 0 unspecified atom stereocenters. The first kappa shape index (κ1) is 19.0. The minimum Gasteiger partial charge on any atom is -0.456 e. The molecule has 1 atom stereocenters. The Kier molecular flexibility index (Phi) is 5.42. The summed E-state index contributed by atoms with van der Waals surface area (Å²) in [5.41, 5.74) is 6.04. The average molecular weight is 412 g/mol. The highest BCUT2D eigenvalue weighted by molar-refractivity contribution is 7.89. The Morgan fingerprint density at radius 1 is 1.19 bits per heavy atom. The van der Waals surface area contributed by atoms with Gasteiger partial charge in [0, 0.05) is 29.2 Å². The Morgan fingerprint density at radius 3 is 2.46 bits per heavy atom. The highest BCUT2D eigenvalue weighted by Crippen LogP contribution is 2.34. The van der Waals surface area contributed by atoms with Crippen LogP contribution in [0.15, 0.2) is 41.3 Å². The fourth-order valence-electron chi connectivity index (χ4n) is 2.69. The fourth-order valence-corrected chi connectivity index (χ4v) is 4.85. The van der Waals surface area contributed by atoms with Crippen LogP contribution in [0.3, 0.4) is 0 Å². The quantitative estimate of drug-likeness (QED) is 0.831. The van der Waals surface area contributed by atoms with Crippen LogP contribution in [0, 0.1) is 11.3 Å². The second kappa shape index (κ2) is 7.43. The van der Waals surface area contributed by atoms with Gasteiger partial charge in [0.25, 0.3) is 0 Å². The molecule has 0 bridgehead atoms. The maximum Gasteiger partial charge on any atom is 0.246 e. The summed E-state index contributed by atoms with van der Waals surface area (Å²) in [6.07, 6.45) is 0.581. The highest BCUT2D eigenvalue weighted by Gasteiger charge is 2.33. The van der Waals surface area contributed by atoms with E-state index in [0.717, 1.165) is 0 Å². The summed E-state index contributed by atoms with van der Waals surface area (Å²) in [5.74, 6) is 0.379. The number of nitrogens with two attached hydrogens (primary N) is 1. The van der Waals surface area contributed by atoms with Gasteiger partial charge in [-0.05, 0) is 42.8 Å². The molecule has 0 radical (unpaired) electrons. The van der Waals surface area contributed by atoms with Crippen molar-refractivity contribution in [3.05, 3.63) is 52.0 Å². The third-order valence-electron chi connectivity index (χ3n) is 3.94. The minimum atomic E-state index is -3.86. The van der Waals surface area contributed by atoms with E-state index in [2.05, 4.69) is 0 Å². The second-order valence-electron chi connectivity index (χ2n) is 5.89. The number of nitrogens with zero attached hydrogens (tertiary/aromatic N) is 2. The summed E-state index contributed by atoms with van der Waals surface area (Å²) in [6.45, 7) is 0.546. The van der Waals surface area contributed by atoms with Gasteiger partial charge in [-0.3, -0.25) is 0 Å².